The van der Waals surface area contributed by atoms with Crippen molar-refractivity contribution >= 4 is 27.9 Å². The van der Waals surface area contributed by atoms with Crippen molar-refractivity contribution in [2.45, 2.75) is 6.04 Å². The molecule has 0 aliphatic carbocycles. The van der Waals surface area contributed by atoms with Gasteiger partial charge in [0, 0.05) is 24.3 Å². The molecule has 1 aromatic carbocycles. The first kappa shape index (κ1) is 14.6. The topological polar surface area (TPSA) is 61.4 Å². The SMILES string of the molecule is C=C1NC(=O)N[C@@H](c2ccc(Br)cc2)[C@@H]1C(=O)N(C)C. The van der Waals surface area contributed by atoms with Crippen LogP contribution in [0.3, 0.4) is 0 Å². The first-order valence-electron chi connectivity index (χ1n) is 6.13. The number of carbonyl (C=O) groups excluding carboxylic acids is 2. The van der Waals surface area contributed by atoms with Crippen LogP contribution in [-0.4, -0.2) is 30.9 Å². The molecule has 0 spiro atoms. The van der Waals surface area contributed by atoms with Crippen LogP contribution in [0.2, 0.25) is 0 Å². The van der Waals surface area contributed by atoms with Gasteiger partial charge in [-0.3, -0.25) is 4.79 Å². The van der Waals surface area contributed by atoms with Crippen LogP contribution < -0.4 is 10.6 Å². The predicted molar refractivity (Wildman–Crippen MR) is 79.9 cm³/mol. The monoisotopic (exact) mass is 337 g/mol. The fourth-order valence-electron chi connectivity index (χ4n) is 2.20. The lowest BCUT2D eigenvalue weighted by Crippen LogP contribution is -2.52. The Morgan fingerprint density at radius 3 is 2.45 bits per heavy atom. The number of benzene rings is 1. The van der Waals surface area contributed by atoms with E-state index in [2.05, 4.69) is 33.1 Å². The number of halogens is 1. The minimum absolute atomic E-state index is 0.101. The van der Waals surface area contributed by atoms with Crippen LogP contribution in [0.4, 0.5) is 4.79 Å². The molecule has 3 amide bonds. The number of nitrogens with one attached hydrogen (secondary N) is 2. The third-order valence-electron chi connectivity index (χ3n) is 3.21. The molecule has 1 aliphatic rings. The third kappa shape index (κ3) is 2.85. The maximum Gasteiger partial charge on any atom is 0.319 e. The van der Waals surface area contributed by atoms with E-state index in [1.807, 2.05) is 24.3 Å². The molecule has 2 N–H and O–H groups in total. The molecule has 0 radical (unpaired) electrons. The van der Waals surface area contributed by atoms with E-state index < -0.39 is 12.0 Å². The zero-order chi connectivity index (χ0) is 14.9. The van der Waals surface area contributed by atoms with Crippen molar-refractivity contribution in [2.24, 2.45) is 5.92 Å². The quantitative estimate of drug-likeness (QED) is 0.867. The third-order valence-corrected chi connectivity index (χ3v) is 3.73. The molecule has 106 valence electrons. The molecule has 2 rings (SSSR count). The molecule has 1 fully saturated rings. The van der Waals surface area contributed by atoms with Gasteiger partial charge >= 0.3 is 6.03 Å². The van der Waals surface area contributed by atoms with Crippen LogP contribution in [0.1, 0.15) is 11.6 Å². The summed E-state index contributed by atoms with van der Waals surface area (Å²) in [5.74, 6) is -0.626. The van der Waals surface area contributed by atoms with Gasteiger partial charge in [-0.05, 0) is 17.7 Å². The zero-order valence-electron chi connectivity index (χ0n) is 11.3. The second-order valence-corrected chi connectivity index (χ2v) is 5.78. The second kappa shape index (κ2) is 5.66. The Kier molecular flexibility index (Phi) is 4.13. The van der Waals surface area contributed by atoms with Gasteiger partial charge in [-0.25, -0.2) is 4.79 Å². The van der Waals surface area contributed by atoms with E-state index in [-0.39, 0.29) is 11.9 Å². The molecule has 0 bridgehead atoms. The molecule has 0 saturated carbocycles. The van der Waals surface area contributed by atoms with Crippen molar-refractivity contribution in [1.29, 1.82) is 0 Å². The molecule has 1 aliphatic heterocycles. The average molecular weight is 338 g/mol. The Bertz CT molecular complexity index is 554. The fraction of sp³-hybridized carbons (Fsp3) is 0.286. The lowest BCUT2D eigenvalue weighted by atomic mass is 9.88. The van der Waals surface area contributed by atoms with Crippen molar-refractivity contribution in [3.8, 4) is 0 Å². The predicted octanol–water partition coefficient (Wildman–Crippen LogP) is 2.02. The highest BCUT2D eigenvalue weighted by Gasteiger charge is 2.38. The summed E-state index contributed by atoms with van der Waals surface area (Å²) < 4.78 is 0.941. The van der Waals surface area contributed by atoms with Crippen molar-refractivity contribution in [3.63, 3.8) is 0 Å². The zero-order valence-corrected chi connectivity index (χ0v) is 12.9. The summed E-state index contributed by atoms with van der Waals surface area (Å²) in [6.45, 7) is 3.81. The largest absolute Gasteiger partial charge is 0.348 e. The van der Waals surface area contributed by atoms with E-state index in [9.17, 15) is 9.59 Å². The highest BCUT2D eigenvalue weighted by atomic mass is 79.9. The van der Waals surface area contributed by atoms with Crippen molar-refractivity contribution in [3.05, 3.63) is 46.6 Å². The number of nitrogens with zero attached hydrogens (tertiary/aromatic N) is 1. The standard InChI is InChI=1S/C14H16BrN3O2/c1-8-11(13(19)18(2)3)12(17-14(20)16-8)9-4-6-10(15)7-5-9/h4-7,11-12H,1H2,2-3H3,(H2,16,17,20)/t11-,12+/m1/s1. The van der Waals surface area contributed by atoms with Gasteiger partial charge in [0.15, 0.2) is 0 Å². The van der Waals surface area contributed by atoms with Crippen molar-refractivity contribution < 1.29 is 9.59 Å². The lowest BCUT2D eigenvalue weighted by Gasteiger charge is -2.35. The number of hydrogen-bond donors (Lipinski definition) is 2. The summed E-state index contributed by atoms with van der Waals surface area (Å²) in [6, 6.07) is 6.75. The molecular weight excluding hydrogens is 322 g/mol. The average Bonchev–Trinajstić information content (AvgIpc) is 2.38. The fourth-order valence-corrected chi connectivity index (χ4v) is 2.47. The molecule has 2 atom stereocenters. The van der Waals surface area contributed by atoms with Crippen LogP contribution in [-0.2, 0) is 4.79 Å². The molecule has 1 heterocycles. The minimum atomic E-state index is -0.524. The van der Waals surface area contributed by atoms with Crippen molar-refractivity contribution in [2.75, 3.05) is 14.1 Å². The second-order valence-electron chi connectivity index (χ2n) is 4.86. The minimum Gasteiger partial charge on any atom is -0.348 e. The van der Waals surface area contributed by atoms with Gasteiger partial charge < -0.3 is 15.5 Å². The Morgan fingerprint density at radius 2 is 1.90 bits per heavy atom. The first-order valence-corrected chi connectivity index (χ1v) is 6.92. The first-order chi connectivity index (χ1) is 9.40. The summed E-state index contributed by atoms with van der Waals surface area (Å²) in [7, 11) is 3.37. The molecule has 0 aromatic heterocycles. The number of rotatable bonds is 2. The lowest BCUT2D eigenvalue weighted by molar-refractivity contribution is -0.132. The van der Waals surface area contributed by atoms with E-state index in [4.69, 9.17) is 0 Å². The van der Waals surface area contributed by atoms with E-state index in [1.54, 1.807) is 14.1 Å². The van der Waals surface area contributed by atoms with Crippen LogP contribution >= 0.6 is 15.9 Å². The van der Waals surface area contributed by atoms with Gasteiger partial charge in [0.1, 0.15) is 5.92 Å². The van der Waals surface area contributed by atoms with E-state index in [0.717, 1.165) is 10.0 Å². The van der Waals surface area contributed by atoms with Gasteiger partial charge in [-0.1, -0.05) is 34.6 Å². The molecule has 1 saturated heterocycles. The summed E-state index contributed by atoms with van der Waals surface area (Å²) >= 11 is 3.37. The maximum atomic E-state index is 12.3. The molecule has 0 unspecified atom stereocenters. The molecule has 5 nitrogen and oxygen atoms in total. The van der Waals surface area contributed by atoms with Gasteiger partial charge in [0.05, 0.1) is 6.04 Å². The normalized spacial score (nSPS) is 21.9. The number of hydrogen-bond acceptors (Lipinski definition) is 2. The molecule has 6 heteroatoms. The number of amides is 3. The summed E-state index contributed by atoms with van der Waals surface area (Å²) in [4.78, 5) is 25.5. The van der Waals surface area contributed by atoms with Gasteiger partial charge in [-0.2, -0.15) is 0 Å². The highest BCUT2D eigenvalue weighted by Crippen LogP contribution is 2.31. The van der Waals surface area contributed by atoms with Crippen molar-refractivity contribution in [1.82, 2.24) is 15.5 Å². The van der Waals surface area contributed by atoms with Gasteiger partial charge in [-0.15, -0.1) is 0 Å². The number of urea groups is 1. The maximum absolute atomic E-state index is 12.3. The molecule has 1 aromatic rings. The van der Waals surface area contributed by atoms with Crippen LogP contribution in [0.25, 0.3) is 0 Å². The van der Waals surface area contributed by atoms with E-state index >= 15 is 0 Å². The van der Waals surface area contributed by atoms with Crippen LogP contribution in [0.5, 0.6) is 0 Å². The Balaban J connectivity index is 2.39. The Hall–Kier alpha value is -1.82. The van der Waals surface area contributed by atoms with E-state index in [1.165, 1.54) is 4.90 Å². The highest BCUT2D eigenvalue weighted by molar-refractivity contribution is 9.10. The Morgan fingerprint density at radius 1 is 1.30 bits per heavy atom. The Labute approximate surface area is 126 Å². The van der Waals surface area contributed by atoms with E-state index in [0.29, 0.717) is 5.70 Å². The van der Waals surface area contributed by atoms with Crippen LogP contribution in [0, 0.1) is 5.92 Å². The molecular formula is C14H16BrN3O2. The summed E-state index contributed by atoms with van der Waals surface area (Å²) in [5.41, 5.74) is 1.28. The van der Waals surface area contributed by atoms with Gasteiger partial charge in [0.25, 0.3) is 0 Å². The van der Waals surface area contributed by atoms with Crippen LogP contribution in [0.15, 0.2) is 41.0 Å². The molecule has 20 heavy (non-hydrogen) atoms. The number of carbonyl (C=O) groups is 2. The smallest absolute Gasteiger partial charge is 0.319 e. The van der Waals surface area contributed by atoms with Gasteiger partial charge in [0.2, 0.25) is 5.91 Å². The summed E-state index contributed by atoms with van der Waals surface area (Å²) in [5, 5.41) is 5.37. The summed E-state index contributed by atoms with van der Waals surface area (Å²) in [6.07, 6.45) is 0.